The molecule has 0 amide bonds. The minimum atomic E-state index is -3.79. The van der Waals surface area contributed by atoms with Gasteiger partial charge in [-0.15, -0.1) is 0 Å². The van der Waals surface area contributed by atoms with Crippen LogP contribution in [0.15, 0.2) is 29.6 Å². The minimum Gasteiger partial charge on any atom is -0.478 e. The van der Waals surface area contributed by atoms with E-state index in [-0.39, 0.29) is 16.1 Å². The Hall–Kier alpha value is -2.22. The molecule has 3 N–H and O–H groups in total. The second kappa shape index (κ2) is 4.47. The monoisotopic (exact) mass is 283 g/mol. The third-order valence-electron chi connectivity index (χ3n) is 2.65. The van der Waals surface area contributed by atoms with Crippen LogP contribution in [0.2, 0.25) is 0 Å². The zero-order valence-corrected chi connectivity index (χ0v) is 11.2. The fourth-order valence-electron chi connectivity index (χ4n) is 1.72. The molecular weight excluding hydrogens is 270 g/mol. The minimum absolute atomic E-state index is 0.0221. The van der Waals surface area contributed by atoms with Crippen LogP contribution in [0.4, 0.5) is 5.69 Å². The molecule has 0 fully saturated rings. The Balaban J connectivity index is 2.39. The molecule has 0 aliphatic carbocycles. The van der Waals surface area contributed by atoms with E-state index in [4.69, 9.17) is 5.11 Å². The zero-order chi connectivity index (χ0) is 14.2. The van der Waals surface area contributed by atoms with E-state index in [0.717, 1.165) is 0 Å². The summed E-state index contributed by atoms with van der Waals surface area (Å²) in [6, 6.07) is 1.43. The van der Waals surface area contributed by atoms with Gasteiger partial charge in [-0.05, 0) is 13.0 Å². The molecule has 0 spiro atoms. The molecule has 19 heavy (non-hydrogen) atoms. The third kappa shape index (κ3) is 2.48. The van der Waals surface area contributed by atoms with E-state index in [1.165, 1.54) is 18.5 Å². The number of carboxylic acid groups (broad SMARTS) is 1. The normalized spacial score (nSPS) is 11.5. The first-order valence-electron chi connectivity index (χ1n) is 5.37. The lowest BCUT2D eigenvalue weighted by molar-refractivity contribution is 0.0697. The number of aromatic amines is 1. The molecule has 2 heterocycles. The summed E-state index contributed by atoms with van der Waals surface area (Å²) in [7, 11) is -2.09. The summed E-state index contributed by atoms with van der Waals surface area (Å²) in [6.45, 7) is 1.56. The van der Waals surface area contributed by atoms with Crippen molar-refractivity contribution in [3.8, 4) is 0 Å². The summed E-state index contributed by atoms with van der Waals surface area (Å²) in [4.78, 5) is 13.8. The number of nitrogens with one attached hydrogen (secondary N) is 2. The molecule has 8 heteroatoms. The average Bonchev–Trinajstić information content (AvgIpc) is 2.85. The molecule has 0 saturated heterocycles. The summed E-state index contributed by atoms with van der Waals surface area (Å²) < 4.78 is 28.0. The van der Waals surface area contributed by atoms with Crippen LogP contribution < -0.4 is 4.72 Å². The van der Waals surface area contributed by atoms with E-state index in [0.29, 0.717) is 5.69 Å². The van der Waals surface area contributed by atoms with Crippen LogP contribution in [0.5, 0.6) is 0 Å². The molecule has 0 bridgehead atoms. The molecule has 7 nitrogen and oxygen atoms in total. The van der Waals surface area contributed by atoms with Crippen LogP contribution in [0, 0.1) is 6.92 Å². The molecule has 0 aliphatic heterocycles. The number of anilines is 1. The molecule has 2 aromatic rings. The molecular formula is C11H13N3O4S. The third-order valence-corrected chi connectivity index (χ3v) is 4.00. The number of hydrogen-bond acceptors (Lipinski definition) is 3. The summed E-state index contributed by atoms with van der Waals surface area (Å²) in [6.07, 6.45) is 4.34. The van der Waals surface area contributed by atoms with Crippen molar-refractivity contribution >= 4 is 21.7 Å². The smallest absolute Gasteiger partial charge is 0.339 e. The maximum Gasteiger partial charge on any atom is 0.339 e. The van der Waals surface area contributed by atoms with Gasteiger partial charge < -0.3 is 14.7 Å². The predicted octanol–water partition coefficient (Wildman–Crippen LogP) is 1.16. The van der Waals surface area contributed by atoms with Crippen molar-refractivity contribution in [3.05, 3.63) is 35.9 Å². The number of carbonyl (C=O) groups is 1. The van der Waals surface area contributed by atoms with Gasteiger partial charge in [0.15, 0.2) is 0 Å². The number of sulfonamides is 1. The maximum atomic E-state index is 12.1. The van der Waals surface area contributed by atoms with E-state index >= 15 is 0 Å². The largest absolute Gasteiger partial charge is 0.478 e. The Labute approximate surface area is 109 Å². The van der Waals surface area contributed by atoms with Crippen LogP contribution in [0.1, 0.15) is 16.1 Å². The Morgan fingerprint density at radius 3 is 2.68 bits per heavy atom. The highest BCUT2D eigenvalue weighted by Gasteiger charge is 2.21. The second-order valence-electron chi connectivity index (χ2n) is 4.13. The first kappa shape index (κ1) is 13.2. The molecule has 0 aliphatic rings. The number of aromatic carboxylic acids is 1. The molecule has 0 saturated carbocycles. The van der Waals surface area contributed by atoms with Gasteiger partial charge in [0.2, 0.25) is 0 Å². The summed E-state index contributed by atoms with van der Waals surface area (Å²) in [5.74, 6) is -1.19. The van der Waals surface area contributed by atoms with Gasteiger partial charge in [-0.25, -0.2) is 13.2 Å². The Bertz CT molecular complexity index is 727. The summed E-state index contributed by atoms with van der Waals surface area (Å²) in [5, 5.41) is 9.05. The molecule has 0 atom stereocenters. The van der Waals surface area contributed by atoms with Gasteiger partial charge in [0, 0.05) is 31.3 Å². The van der Waals surface area contributed by atoms with Gasteiger partial charge in [0.1, 0.15) is 10.5 Å². The number of nitrogens with zero attached hydrogens (tertiary/aromatic N) is 1. The maximum absolute atomic E-state index is 12.1. The molecule has 0 radical (unpaired) electrons. The van der Waals surface area contributed by atoms with Crippen molar-refractivity contribution in [1.82, 2.24) is 9.55 Å². The van der Waals surface area contributed by atoms with Crippen LogP contribution in [0.25, 0.3) is 0 Å². The molecule has 0 aromatic carbocycles. The first-order valence-corrected chi connectivity index (χ1v) is 6.85. The highest BCUT2D eigenvalue weighted by Crippen LogP contribution is 2.22. The van der Waals surface area contributed by atoms with Crippen LogP contribution in [-0.2, 0) is 17.1 Å². The molecule has 0 unspecified atom stereocenters. The van der Waals surface area contributed by atoms with Crippen molar-refractivity contribution in [3.63, 3.8) is 0 Å². The first-order chi connectivity index (χ1) is 8.81. The fraction of sp³-hybridized carbons (Fsp3) is 0.182. The van der Waals surface area contributed by atoms with Crippen LogP contribution in [-0.4, -0.2) is 29.0 Å². The number of H-pyrrole nitrogens is 1. The van der Waals surface area contributed by atoms with Crippen molar-refractivity contribution in [2.24, 2.45) is 7.05 Å². The summed E-state index contributed by atoms with van der Waals surface area (Å²) >= 11 is 0. The summed E-state index contributed by atoms with van der Waals surface area (Å²) in [5.41, 5.74) is 0.326. The van der Waals surface area contributed by atoms with Gasteiger partial charge in [0.25, 0.3) is 10.0 Å². The van der Waals surface area contributed by atoms with Crippen molar-refractivity contribution in [1.29, 1.82) is 0 Å². The van der Waals surface area contributed by atoms with Gasteiger partial charge >= 0.3 is 5.97 Å². The van der Waals surface area contributed by atoms with E-state index < -0.39 is 16.0 Å². The Kier molecular flexibility index (Phi) is 3.11. The fourth-order valence-corrected chi connectivity index (χ4v) is 2.84. The van der Waals surface area contributed by atoms with Crippen LogP contribution in [0.3, 0.4) is 0 Å². The van der Waals surface area contributed by atoms with Crippen molar-refractivity contribution in [2.75, 3.05) is 4.72 Å². The number of hydrogen-bond donors (Lipinski definition) is 3. The lowest BCUT2D eigenvalue weighted by Gasteiger charge is -2.05. The Morgan fingerprint density at radius 1 is 1.47 bits per heavy atom. The van der Waals surface area contributed by atoms with E-state index in [1.54, 1.807) is 24.7 Å². The lowest BCUT2D eigenvalue weighted by atomic mass is 10.2. The van der Waals surface area contributed by atoms with Crippen LogP contribution >= 0.6 is 0 Å². The standard InChI is InChI=1S/C11H13N3O4S/c1-7-10(11(15)16)9(5-12-7)13-19(17,18)8-3-4-14(2)6-8/h3-6,12-13H,1-2H3,(H,15,16). The number of aromatic nitrogens is 2. The number of carboxylic acids is 1. The van der Waals surface area contributed by atoms with E-state index in [1.807, 2.05) is 0 Å². The zero-order valence-electron chi connectivity index (χ0n) is 10.3. The van der Waals surface area contributed by atoms with Gasteiger partial charge in [-0.2, -0.15) is 0 Å². The number of aryl methyl sites for hydroxylation is 2. The quantitative estimate of drug-likeness (QED) is 0.783. The predicted molar refractivity (Wildman–Crippen MR) is 68.7 cm³/mol. The van der Waals surface area contributed by atoms with E-state index in [2.05, 4.69) is 9.71 Å². The van der Waals surface area contributed by atoms with Crippen molar-refractivity contribution < 1.29 is 18.3 Å². The van der Waals surface area contributed by atoms with Gasteiger partial charge in [0.05, 0.1) is 5.69 Å². The SMILES string of the molecule is Cc1[nH]cc(NS(=O)(=O)c2ccn(C)c2)c1C(=O)O. The highest BCUT2D eigenvalue weighted by atomic mass is 32.2. The van der Waals surface area contributed by atoms with Crippen molar-refractivity contribution in [2.45, 2.75) is 11.8 Å². The van der Waals surface area contributed by atoms with Gasteiger partial charge in [-0.3, -0.25) is 4.72 Å². The topological polar surface area (TPSA) is 104 Å². The van der Waals surface area contributed by atoms with Gasteiger partial charge in [-0.1, -0.05) is 0 Å². The highest BCUT2D eigenvalue weighted by molar-refractivity contribution is 7.92. The molecule has 2 aromatic heterocycles. The lowest BCUT2D eigenvalue weighted by Crippen LogP contribution is -2.14. The second-order valence-corrected chi connectivity index (χ2v) is 5.81. The number of rotatable bonds is 4. The molecule has 2 rings (SSSR count). The average molecular weight is 283 g/mol. The Morgan fingerprint density at radius 2 is 2.16 bits per heavy atom. The van der Waals surface area contributed by atoms with E-state index in [9.17, 15) is 13.2 Å². The molecule has 102 valence electrons.